The maximum atomic E-state index is 5.22. The number of nitrogens with zero attached hydrogens (tertiary/aromatic N) is 1. The van der Waals surface area contributed by atoms with Crippen molar-refractivity contribution in [2.75, 3.05) is 7.11 Å². The van der Waals surface area contributed by atoms with E-state index in [1.54, 1.807) is 18.4 Å². The molecule has 1 aromatic carbocycles. The number of rotatable bonds is 3. The van der Waals surface area contributed by atoms with Crippen molar-refractivity contribution in [3.05, 3.63) is 57.9 Å². The summed E-state index contributed by atoms with van der Waals surface area (Å²) in [5, 5.41) is 1.09. The first kappa shape index (κ1) is 12.9. The predicted octanol–water partition coefficient (Wildman–Crippen LogP) is 4.78. The van der Waals surface area contributed by atoms with Gasteiger partial charge >= 0.3 is 0 Å². The molecule has 0 unspecified atom stereocenters. The molecule has 0 amide bonds. The van der Waals surface area contributed by atoms with Crippen molar-refractivity contribution >= 4 is 34.4 Å². The monoisotopic (exact) mass is 281 g/mol. The summed E-state index contributed by atoms with van der Waals surface area (Å²) in [4.78, 5) is 7.21. The number of thiophene rings is 1. The number of aromatic nitrogens is 1. The largest absolute Gasteiger partial charge is 0.497 e. The average molecular weight is 281 g/mol. The molecule has 100 valence electrons. The van der Waals surface area contributed by atoms with Crippen molar-refractivity contribution < 1.29 is 4.74 Å². The predicted molar refractivity (Wildman–Crippen MR) is 86.3 cm³/mol. The number of pyridine rings is 1. The topological polar surface area (TPSA) is 22.1 Å². The standard InChI is InChI=1S/C17H15NOS/c1-12-3-8-16(20-12)9-6-14-5-4-13-11-15(19-2)7-10-17(13)18-14/h3-11H,1-2H3/b9-6+. The highest BCUT2D eigenvalue weighted by Gasteiger charge is 1.99. The van der Waals surface area contributed by atoms with E-state index in [0.717, 1.165) is 22.3 Å². The third kappa shape index (κ3) is 2.73. The molecule has 0 N–H and O–H groups in total. The van der Waals surface area contributed by atoms with Crippen molar-refractivity contribution in [1.82, 2.24) is 4.98 Å². The summed E-state index contributed by atoms with van der Waals surface area (Å²) in [6.45, 7) is 2.11. The fourth-order valence-electron chi connectivity index (χ4n) is 2.05. The molecular formula is C17H15NOS. The van der Waals surface area contributed by atoms with Crippen LogP contribution in [-0.4, -0.2) is 12.1 Å². The van der Waals surface area contributed by atoms with Gasteiger partial charge in [0.1, 0.15) is 5.75 Å². The molecule has 0 aliphatic carbocycles. The zero-order valence-electron chi connectivity index (χ0n) is 11.5. The first-order chi connectivity index (χ1) is 9.74. The molecule has 0 aliphatic rings. The lowest BCUT2D eigenvalue weighted by atomic mass is 10.2. The van der Waals surface area contributed by atoms with Crippen LogP contribution in [0.2, 0.25) is 0 Å². The number of hydrogen-bond acceptors (Lipinski definition) is 3. The van der Waals surface area contributed by atoms with Crippen molar-refractivity contribution in [2.45, 2.75) is 6.92 Å². The zero-order chi connectivity index (χ0) is 13.9. The molecule has 3 rings (SSSR count). The second kappa shape index (κ2) is 5.47. The van der Waals surface area contributed by atoms with Gasteiger partial charge in [-0.2, -0.15) is 0 Å². The average Bonchev–Trinajstić information content (AvgIpc) is 2.90. The summed E-state index contributed by atoms with van der Waals surface area (Å²) in [5.41, 5.74) is 1.95. The van der Waals surface area contributed by atoms with E-state index in [1.165, 1.54) is 9.75 Å². The molecule has 2 heterocycles. The van der Waals surface area contributed by atoms with Gasteiger partial charge in [0.05, 0.1) is 18.3 Å². The van der Waals surface area contributed by atoms with Crippen molar-refractivity contribution in [3.63, 3.8) is 0 Å². The number of hydrogen-bond donors (Lipinski definition) is 0. The van der Waals surface area contributed by atoms with Crippen molar-refractivity contribution in [1.29, 1.82) is 0 Å². The lowest BCUT2D eigenvalue weighted by molar-refractivity contribution is 0.415. The summed E-state index contributed by atoms with van der Waals surface area (Å²) in [6, 6.07) is 14.3. The van der Waals surface area contributed by atoms with Gasteiger partial charge < -0.3 is 4.74 Å². The van der Waals surface area contributed by atoms with Gasteiger partial charge in [-0.05, 0) is 55.5 Å². The van der Waals surface area contributed by atoms with Gasteiger partial charge in [-0.3, -0.25) is 0 Å². The molecule has 20 heavy (non-hydrogen) atoms. The molecule has 0 saturated carbocycles. The Labute approximate surface area is 122 Å². The van der Waals surface area contributed by atoms with Gasteiger partial charge in [0.15, 0.2) is 0 Å². The molecule has 0 fully saturated rings. The molecule has 0 radical (unpaired) electrons. The van der Waals surface area contributed by atoms with Crippen LogP contribution < -0.4 is 4.74 Å². The zero-order valence-corrected chi connectivity index (χ0v) is 12.3. The fourth-order valence-corrected chi connectivity index (χ4v) is 2.83. The molecule has 3 aromatic rings. The maximum absolute atomic E-state index is 5.22. The second-order valence-electron chi connectivity index (χ2n) is 4.58. The van der Waals surface area contributed by atoms with Gasteiger partial charge in [-0.15, -0.1) is 11.3 Å². The number of methoxy groups -OCH3 is 1. The van der Waals surface area contributed by atoms with Crippen LogP contribution in [0, 0.1) is 6.92 Å². The third-order valence-electron chi connectivity index (χ3n) is 3.10. The van der Waals surface area contributed by atoms with Crippen LogP contribution in [0.15, 0.2) is 42.5 Å². The Balaban J connectivity index is 1.91. The Kier molecular flexibility index (Phi) is 3.52. The lowest BCUT2D eigenvalue weighted by Crippen LogP contribution is -1.86. The first-order valence-corrected chi connectivity index (χ1v) is 7.25. The van der Waals surface area contributed by atoms with Gasteiger partial charge in [-0.25, -0.2) is 4.98 Å². The van der Waals surface area contributed by atoms with Crippen LogP contribution in [0.4, 0.5) is 0 Å². The van der Waals surface area contributed by atoms with E-state index in [9.17, 15) is 0 Å². The van der Waals surface area contributed by atoms with Gasteiger partial charge in [0.25, 0.3) is 0 Å². The van der Waals surface area contributed by atoms with Gasteiger partial charge in [0, 0.05) is 15.1 Å². The summed E-state index contributed by atoms with van der Waals surface area (Å²) in [7, 11) is 1.68. The molecule has 0 atom stereocenters. The fraction of sp³-hybridized carbons (Fsp3) is 0.118. The molecule has 3 heteroatoms. The normalized spacial score (nSPS) is 11.3. The van der Waals surface area contributed by atoms with E-state index in [4.69, 9.17) is 4.74 Å². The van der Waals surface area contributed by atoms with E-state index in [2.05, 4.69) is 42.3 Å². The van der Waals surface area contributed by atoms with Gasteiger partial charge in [-0.1, -0.05) is 6.07 Å². The lowest BCUT2D eigenvalue weighted by Gasteiger charge is -2.02. The molecule has 0 spiro atoms. The quantitative estimate of drug-likeness (QED) is 0.689. The van der Waals surface area contributed by atoms with Crippen LogP contribution in [0.5, 0.6) is 5.75 Å². The Morgan fingerprint density at radius 1 is 1.05 bits per heavy atom. The Morgan fingerprint density at radius 3 is 2.70 bits per heavy atom. The van der Waals surface area contributed by atoms with E-state index >= 15 is 0 Å². The van der Waals surface area contributed by atoms with E-state index in [1.807, 2.05) is 24.3 Å². The third-order valence-corrected chi connectivity index (χ3v) is 4.06. The Bertz CT molecular complexity index is 774. The van der Waals surface area contributed by atoms with E-state index in [0.29, 0.717) is 0 Å². The SMILES string of the molecule is COc1ccc2nc(/C=C/c3ccc(C)s3)ccc2c1. The van der Waals surface area contributed by atoms with Crippen LogP contribution in [-0.2, 0) is 0 Å². The van der Waals surface area contributed by atoms with Crippen LogP contribution in [0.25, 0.3) is 23.1 Å². The van der Waals surface area contributed by atoms with E-state index < -0.39 is 0 Å². The number of aryl methyl sites for hydroxylation is 1. The molecule has 0 bridgehead atoms. The maximum Gasteiger partial charge on any atom is 0.119 e. The van der Waals surface area contributed by atoms with E-state index in [-0.39, 0.29) is 0 Å². The number of fused-ring (bicyclic) bond motifs is 1. The summed E-state index contributed by atoms with van der Waals surface area (Å²) >= 11 is 1.78. The highest BCUT2D eigenvalue weighted by atomic mass is 32.1. The van der Waals surface area contributed by atoms with Crippen molar-refractivity contribution in [2.24, 2.45) is 0 Å². The summed E-state index contributed by atoms with van der Waals surface area (Å²) < 4.78 is 5.22. The van der Waals surface area contributed by atoms with Crippen LogP contribution >= 0.6 is 11.3 Å². The van der Waals surface area contributed by atoms with Crippen LogP contribution in [0.3, 0.4) is 0 Å². The van der Waals surface area contributed by atoms with Crippen LogP contribution in [0.1, 0.15) is 15.4 Å². The Hall–Kier alpha value is -2.13. The highest BCUT2D eigenvalue weighted by molar-refractivity contribution is 7.12. The minimum absolute atomic E-state index is 0.858. The number of ether oxygens (including phenoxy) is 1. The minimum atomic E-state index is 0.858. The van der Waals surface area contributed by atoms with Crippen molar-refractivity contribution in [3.8, 4) is 5.75 Å². The first-order valence-electron chi connectivity index (χ1n) is 6.44. The second-order valence-corrected chi connectivity index (χ2v) is 5.90. The minimum Gasteiger partial charge on any atom is -0.497 e. The molecule has 2 aromatic heterocycles. The number of benzene rings is 1. The highest BCUT2D eigenvalue weighted by Crippen LogP contribution is 2.21. The summed E-state index contributed by atoms with van der Waals surface area (Å²) in [6.07, 6.45) is 4.16. The molecule has 0 saturated heterocycles. The summed E-state index contributed by atoms with van der Waals surface area (Å²) in [5.74, 6) is 0.858. The molecular weight excluding hydrogens is 266 g/mol. The molecule has 0 aliphatic heterocycles. The molecule has 2 nitrogen and oxygen atoms in total. The van der Waals surface area contributed by atoms with Gasteiger partial charge in [0.2, 0.25) is 0 Å². The smallest absolute Gasteiger partial charge is 0.119 e. The Morgan fingerprint density at radius 2 is 1.95 bits per heavy atom.